The lowest BCUT2D eigenvalue weighted by Crippen LogP contribution is -2.21. The van der Waals surface area contributed by atoms with Gasteiger partial charge in [0.15, 0.2) is 0 Å². The van der Waals surface area contributed by atoms with E-state index in [1.54, 1.807) is 50.2 Å². The number of H-pyrrole nitrogens is 1. The van der Waals surface area contributed by atoms with Gasteiger partial charge in [0.05, 0.1) is 27.8 Å². The van der Waals surface area contributed by atoms with Gasteiger partial charge in [0.25, 0.3) is 5.03 Å². The van der Waals surface area contributed by atoms with E-state index in [0.29, 0.717) is 16.8 Å². The van der Waals surface area contributed by atoms with E-state index in [-0.39, 0.29) is 32.9 Å². The third-order valence-electron chi connectivity index (χ3n) is 5.65. The first-order valence-corrected chi connectivity index (χ1v) is 13.9. The van der Waals surface area contributed by atoms with Gasteiger partial charge in [0.2, 0.25) is 11.6 Å². The van der Waals surface area contributed by atoms with E-state index >= 15 is 0 Å². The van der Waals surface area contributed by atoms with Crippen molar-refractivity contribution in [2.24, 2.45) is 0 Å². The second-order valence-electron chi connectivity index (χ2n) is 8.40. The molecule has 0 saturated carbocycles. The molecule has 2 aromatic heterocycles. The third kappa shape index (κ3) is 6.44. The maximum absolute atomic E-state index is 13.7. The van der Waals surface area contributed by atoms with E-state index in [1.807, 2.05) is 0 Å². The number of alkyl halides is 3. The van der Waals surface area contributed by atoms with Crippen molar-refractivity contribution >= 4 is 39.3 Å². The summed E-state index contributed by atoms with van der Waals surface area (Å²) in [7, 11) is -4.12. The zero-order chi connectivity index (χ0) is 29.1. The predicted molar refractivity (Wildman–Crippen MR) is 140 cm³/mol. The Hall–Kier alpha value is -4.35. The molecule has 0 atom stereocenters. The highest BCUT2D eigenvalue weighted by Gasteiger charge is 2.38. The van der Waals surface area contributed by atoms with Crippen molar-refractivity contribution in [3.63, 3.8) is 0 Å². The summed E-state index contributed by atoms with van der Waals surface area (Å²) in [6.45, 7) is 3.27. The number of amides is 1. The van der Waals surface area contributed by atoms with Gasteiger partial charge < -0.3 is 14.6 Å². The molecule has 0 bridgehead atoms. The first-order chi connectivity index (χ1) is 18.9. The van der Waals surface area contributed by atoms with E-state index in [9.17, 15) is 31.6 Å². The number of carbonyl (C=O) groups is 1. The Morgan fingerprint density at radius 2 is 1.82 bits per heavy atom. The van der Waals surface area contributed by atoms with Gasteiger partial charge in [-0.1, -0.05) is 23.4 Å². The summed E-state index contributed by atoms with van der Waals surface area (Å²) in [4.78, 5) is 15.3. The molecule has 0 radical (unpaired) electrons. The number of benzene rings is 2. The number of nitriles is 1. The molecule has 2 heterocycles. The van der Waals surface area contributed by atoms with Crippen molar-refractivity contribution in [3.05, 3.63) is 87.8 Å². The zero-order valence-electron chi connectivity index (χ0n) is 20.9. The fraction of sp³-hybridized carbons (Fsp3) is 0.154. The molecule has 2 aromatic carbocycles. The molecule has 2 N–H and O–H groups in total. The van der Waals surface area contributed by atoms with Crippen molar-refractivity contribution in [1.82, 2.24) is 5.16 Å². The topological polar surface area (TPSA) is 141 Å². The highest BCUT2D eigenvalue weighted by Crippen LogP contribution is 2.36. The minimum atomic E-state index is -4.79. The number of halogens is 3. The lowest BCUT2D eigenvalue weighted by Gasteiger charge is -2.19. The van der Waals surface area contributed by atoms with Gasteiger partial charge in [-0.15, -0.1) is 0 Å². The fourth-order valence-electron chi connectivity index (χ4n) is 3.47. The largest absolute Gasteiger partial charge is 0.539 e. The Morgan fingerprint density at radius 3 is 2.40 bits per heavy atom. The lowest BCUT2D eigenvalue weighted by atomic mass is 10.1. The molecule has 0 aliphatic heterocycles. The van der Waals surface area contributed by atoms with Gasteiger partial charge in [0, 0.05) is 17.3 Å². The number of hydrogen-bond acceptors (Lipinski definition) is 7. The summed E-state index contributed by atoms with van der Waals surface area (Å²) in [6, 6.07) is 15.9. The number of nitrogens with one attached hydrogen (secondary N) is 2. The number of nitrogens with zero attached hydrogens (tertiary/aromatic N) is 3. The van der Waals surface area contributed by atoms with Gasteiger partial charge in [-0.05, 0) is 67.6 Å². The number of sulfonamides is 1. The number of carbonyl (C=O) groups excluding carboxylic acids is 1. The number of hydrogen-bond donors (Lipinski definition) is 1. The second kappa shape index (κ2) is 11.4. The molecular formula is C26H20F3N5O4S2. The minimum absolute atomic E-state index is 0.118. The molecule has 14 heteroatoms. The Kier molecular flexibility index (Phi) is 8.17. The average molecular weight is 588 g/mol. The summed E-state index contributed by atoms with van der Waals surface area (Å²) >= 11 is 0.733. The van der Waals surface area contributed by atoms with Crippen LogP contribution in [0, 0.1) is 25.2 Å². The highest BCUT2D eigenvalue weighted by molar-refractivity contribution is 7.99. The Balaban J connectivity index is 1.48. The van der Waals surface area contributed by atoms with E-state index in [2.05, 4.69) is 20.2 Å². The summed E-state index contributed by atoms with van der Waals surface area (Å²) in [5.41, 5.74) is 0.0970. The number of anilines is 1. The van der Waals surface area contributed by atoms with E-state index < -0.39 is 33.2 Å². The maximum atomic E-state index is 13.7. The van der Waals surface area contributed by atoms with Gasteiger partial charge in [-0.25, -0.2) is 8.42 Å². The molecule has 0 saturated heterocycles. The monoisotopic (exact) mass is 587 g/mol. The van der Waals surface area contributed by atoms with Crippen LogP contribution in [0.15, 0.2) is 75.1 Å². The number of thioether (sulfide) groups is 1. The van der Waals surface area contributed by atoms with Crippen molar-refractivity contribution in [2.45, 2.75) is 29.9 Å². The molecule has 4 aromatic rings. The second-order valence-corrected chi connectivity index (χ2v) is 11.0. The van der Waals surface area contributed by atoms with Gasteiger partial charge in [-0.2, -0.15) is 23.4 Å². The lowest BCUT2D eigenvalue weighted by molar-refractivity contribution is -0.414. The highest BCUT2D eigenvalue weighted by atomic mass is 32.2. The number of aryl methyl sites for hydroxylation is 1. The molecule has 1 amide bonds. The van der Waals surface area contributed by atoms with E-state index in [1.165, 1.54) is 24.3 Å². The molecule has 40 heavy (non-hydrogen) atoms. The van der Waals surface area contributed by atoms with Crippen molar-refractivity contribution < 1.29 is 35.9 Å². The van der Waals surface area contributed by atoms with Crippen LogP contribution in [0.1, 0.15) is 22.4 Å². The van der Waals surface area contributed by atoms with Crippen LogP contribution in [0.4, 0.5) is 24.7 Å². The molecule has 0 aliphatic carbocycles. The van der Waals surface area contributed by atoms with Crippen LogP contribution in [0.5, 0.6) is 0 Å². The standard InChI is InChI=1S/C26H20F3N5O4S2/c1-15-16(2)33-38-24(15)34-40(36,37)19-10-8-18(9-11-19)31-23(35)14-39-25-20(13-30)21(26(27,28)29)12-22(32-25)17-6-4-3-5-7-17/h3-12H,14H2,1-2H3,(H2,31,33,34,35). The van der Waals surface area contributed by atoms with Crippen molar-refractivity contribution in [1.29, 1.82) is 5.26 Å². The number of pyridine rings is 1. The zero-order valence-corrected chi connectivity index (χ0v) is 22.5. The third-order valence-corrected chi connectivity index (χ3v) is 7.93. The van der Waals surface area contributed by atoms with Crippen LogP contribution in [-0.4, -0.2) is 25.2 Å². The fourth-order valence-corrected chi connectivity index (χ4v) is 5.27. The molecule has 4 rings (SSSR count). The summed E-state index contributed by atoms with van der Waals surface area (Å²) < 4.78 is 75.0. The first-order valence-electron chi connectivity index (χ1n) is 11.5. The molecule has 206 valence electrons. The Bertz CT molecular complexity index is 1700. The molecule has 0 aliphatic rings. The SMILES string of the molecule is Cc1noc([N-]S(=O)(=O)c2ccc(NC(=O)CSc3[nH+]c(-c4ccccc4)cc(C(F)(F)F)c3C#N)cc2)c1C. The Labute approximate surface area is 231 Å². The minimum Gasteiger partial charge on any atom is -0.539 e. The summed E-state index contributed by atoms with van der Waals surface area (Å²) in [5, 5.41) is 15.6. The number of aromatic amines is 1. The molecule has 9 nitrogen and oxygen atoms in total. The van der Waals surface area contributed by atoms with Crippen LogP contribution in [-0.2, 0) is 21.0 Å². The van der Waals surface area contributed by atoms with E-state index in [4.69, 9.17) is 4.52 Å². The van der Waals surface area contributed by atoms with Crippen LogP contribution < -0.4 is 10.3 Å². The number of aromatic nitrogens is 2. The normalized spacial score (nSPS) is 11.6. The number of rotatable bonds is 8. The smallest absolute Gasteiger partial charge is 0.418 e. The van der Waals surface area contributed by atoms with Crippen molar-refractivity contribution in [3.8, 4) is 17.3 Å². The van der Waals surface area contributed by atoms with Gasteiger partial charge >= 0.3 is 6.18 Å². The van der Waals surface area contributed by atoms with Gasteiger partial charge in [0.1, 0.15) is 21.7 Å². The Morgan fingerprint density at radius 1 is 1.15 bits per heavy atom. The quantitative estimate of drug-likeness (QED) is 0.257. The van der Waals surface area contributed by atoms with Crippen LogP contribution in [0.3, 0.4) is 0 Å². The first kappa shape index (κ1) is 28.7. The van der Waals surface area contributed by atoms with Crippen LogP contribution in [0.2, 0.25) is 0 Å². The van der Waals surface area contributed by atoms with Crippen molar-refractivity contribution in [2.75, 3.05) is 11.1 Å². The molecule has 0 spiro atoms. The molecule has 0 fully saturated rings. The molecular weight excluding hydrogens is 567 g/mol. The van der Waals surface area contributed by atoms with E-state index in [0.717, 1.165) is 17.8 Å². The van der Waals surface area contributed by atoms with Crippen LogP contribution >= 0.6 is 11.8 Å². The predicted octanol–water partition coefficient (Wildman–Crippen LogP) is 5.79. The summed E-state index contributed by atoms with van der Waals surface area (Å²) in [6.07, 6.45) is -4.79. The average Bonchev–Trinajstić information content (AvgIpc) is 3.23. The molecule has 0 unspecified atom stereocenters. The van der Waals surface area contributed by atoms with Gasteiger partial charge in [-0.3, -0.25) is 4.79 Å². The maximum Gasteiger partial charge on any atom is 0.418 e. The van der Waals surface area contributed by atoms with Crippen LogP contribution in [0.25, 0.3) is 16.0 Å². The summed E-state index contributed by atoms with van der Waals surface area (Å²) in [5.74, 6) is -1.06.